The van der Waals surface area contributed by atoms with Crippen LogP contribution in [0.1, 0.15) is 10.4 Å². The topological polar surface area (TPSA) is 70.2 Å². The quantitative estimate of drug-likeness (QED) is 0.812. The molecule has 0 bridgehead atoms. The van der Waals surface area contributed by atoms with E-state index in [0.717, 1.165) is 5.56 Å². The van der Waals surface area contributed by atoms with E-state index >= 15 is 0 Å². The zero-order valence-corrected chi connectivity index (χ0v) is 8.38. The number of hydrogen-bond donors (Lipinski definition) is 2. The highest BCUT2D eigenvalue weighted by Gasteiger charge is 2.08. The molecule has 0 spiro atoms. The van der Waals surface area contributed by atoms with Gasteiger partial charge in [-0.15, -0.1) is 0 Å². The third-order valence-corrected chi connectivity index (χ3v) is 2.67. The van der Waals surface area contributed by atoms with Crippen LogP contribution in [0.2, 0.25) is 0 Å². The van der Waals surface area contributed by atoms with Gasteiger partial charge in [-0.1, -0.05) is 0 Å². The molecule has 0 aliphatic rings. The van der Waals surface area contributed by atoms with Gasteiger partial charge in [0.25, 0.3) is 5.56 Å². The van der Waals surface area contributed by atoms with E-state index in [-0.39, 0.29) is 11.1 Å². The summed E-state index contributed by atoms with van der Waals surface area (Å²) in [5.41, 5.74) is 0.926. The molecule has 0 aromatic carbocycles. The first-order chi connectivity index (χ1) is 7.18. The first-order valence-electron chi connectivity index (χ1n) is 4.17. The van der Waals surface area contributed by atoms with Crippen LogP contribution in [-0.2, 0) is 0 Å². The summed E-state index contributed by atoms with van der Waals surface area (Å²) in [5, 5.41) is 12.4. The summed E-state index contributed by atoms with van der Waals surface area (Å²) in [5.74, 6) is -1.05. The molecule has 2 heterocycles. The number of nitrogens with one attached hydrogen (secondary N) is 1. The number of carboxylic acids is 1. The van der Waals surface area contributed by atoms with Crippen molar-refractivity contribution in [3.8, 4) is 11.1 Å². The molecule has 0 aliphatic carbocycles. The molecule has 4 nitrogen and oxygen atoms in total. The van der Waals surface area contributed by atoms with Crippen LogP contribution in [-0.4, -0.2) is 16.1 Å². The van der Waals surface area contributed by atoms with Crippen molar-refractivity contribution in [1.82, 2.24) is 4.98 Å². The van der Waals surface area contributed by atoms with Crippen molar-refractivity contribution in [2.24, 2.45) is 0 Å². The largest absolute Gasteiger partial charge is 0.478 e. The number of rotatable bonds is 2. The van der Waals surface area contributed by atoms with Crippen molar-refractivity contribution in [2.45, 2.75) is 0 Å². The monoisotopic (exact) mass is 221 g/mol. The Bertz CT molecular complexity index is 542. The fraction of sp³-hybridized carbons (Fsp3) is 0. The predicted octanol–water partition coefficient (Wildman–Crippen LogP) is 1.80. The molecule has 2 aromatic rings. The zero-order valence-electron chi connectivity index (χ0n) is 7.56. The lowest BCUT2D eigenvalue weighted by Crippen LogP contribution is -2.10. The molecule has 0 radical (unpaired) electrons. The Morgan fingerprint density at radius 3 is 2.87 bits per heavy atom. The van der Waals surface area contributed by atoms with Gasteiger partial charge >= 0.3 is 5.97 Å². The second-order valence-corrected chi connectivity index (χ2v) is 3.73. The summed E-state index contributed by atoms with van der Waals surface area (Å²) < 4.78 is 0. The van der Waals surface area contributed by atoms with Gasteiger partial charge in [-0.25, -0.2) is 4.79 Å². The summed E-state index contributed by atoms with van der Waals surface area (Å²) in [4.78, 5) is 24.6. The van der Waals surface area contributed by atoms with Crippen LogP contribution in [0.25, 0.3) is 11.1 Å². The molecular weight excluding hydrogens is 214 g/mol. The van der Waals surface area contributed by atoms with Crippen LogP contribution in [0.15, 0.2) is 33.9 Å². The Kier molecular flexibility index (Phi) is 2.39. The van der Waals surface area contributed by atoms with Gasteiger partial charge in [0.1, 0.15) is 0 Å². The number of aromatic amines is 1. The number of thiophene rings is 1. The Morgan fingerprint density at radius 1 is 1.47 bits per heavy atom. The van der Waals surface area contributed by atoms with Crippen LogP contribution < -0.4 is 5.56 Å². The van der Waals surface area contributed by atoms with Gasteiger partial charge in [-0.05, 0) is 28.5 Å². The highest BCUT2D eigenvalue weighted by atomic mass is 32.1. The fourth-order valence-corrected chi connectivity index (χ4v) is 1.90. The van der Waals surface area contributed by atoms with E-state index in [9.17, 15) is 9.59 Å². The molecule has 0 aliphatic heterocycles. The first-order valence-corrected chi connectivity index (χ1v) is 5.11. The number of pyridine rings is 1. The Hall–Kier alpha value is -1.88. The second-order valence-electron chi connectivity index (χ2n) is 2.95. The second kappa shape index (κ2) is 3.70. The normalized spacial score (nSPS) is 10.1. The van der Waals surface area contributed by atoms with E-state index in [2.05, 4.69) is 4.98 Å². The van der Waals surface area contributed by atoms with Crippen molar-refractivity contribution in [3.05, 3.63) is 45.0 Å². The minimum absolute atomic E-state index is 0.0794. The van der Waals surface area contributed by atoms with Crippen LogP contribution in [0.4, 0.5) is 0 Å². The number of aromatic carboxylic acids is 1. The van der Waals surface area contributed by atoms with Gasteiger partial charge in [0.05, 0.1) is 5.56 Å². The molecule has 15 heavy (non-hydrogen) atoms. The third-order valence-electron chi connectivity index (χ3n) is 1.98. The van der Waals surface area contributed by atoms with Crippen LogP contribution in [0.5, 0.6) is 0 Å². The maximum Gasteiger partial charge on any atom is 0.337 e. The molecule has 2 aromatic heterocycles. The lowest BCUT2D eigenvalue weighted by molar-refractivity contribution is 0.0696. The minimum Gasteiger partial charge on any atom is -0.478 e. The lowest BCUT2D eigenvalue weighted by atomic mass is 10.1. The van der Waals surface area contributed by atoms with E-state index in [1.165, 1.54) is 23.6 Å². The van der Waals surface area contributed by atoms with E-state index in [1.54, 1.807) is 11.4 Å². The molecule has 2 rings (SSSR count). The number of carbonyl (C=O) groups is 1. The molecule has 76 valence electrons. The highest BCUT2D eigenvalue weighted by molar-refractivity contribution is 7.08. The SMILES string of the molecule is O=C(O)c1c[nH]c(=O)c(-c2ccsc2)c1. The van der Waals surface area contributed by atoms with Crippen LogP contribution >= 0.6 is 11.3 Å². The molecule has 5 heteroatoms. The Morgan fingerprint density at radius 2 is 2.27 bits per heavy atom. The number of aromatic nitrogens is 1. The van der Waals surface area contributed by atoms with Gasteiger partial charge in [0.15, 0.2) is 0 Å². The Balaban J connectivity index is 2.61. The van der Waals surface area contributed by atoms with Crippen LogP contribution in [0.3, 0.4) is 0 Å². The summed E-state index contributed by atoms with van der Waals surface area (Å²) in [6.07, 6.45) is 1.19. The summed E-state index contributed by atoms with van der Waals surface area (Å²) >= 11 is 1.46. The molecule has 0 saturated heterocycles. The predicted molar refractivity (Wildman–Crippen MR) is 57.3 cm³/mol. The average molecular weight is 221 g/mol. The Labute approximate surface area is 88.8 Å². The minimum atomic E-state index is -1.05. The van der Waals surface area contributed by atoms with E-state index in [0.29, 0.717) is 5.56 Å². The van der Waals surface area contributed by atoms with Gasteiger partial charge in [-0.3, -0.25) is 4.79 Å². The highest BCUT2D eigenvalue weighted by Crippen LogP contribution is 2.18. The lowest BCUT2D eigenvalue weighted by Gasteiger charge is -1.98. The summed E-state index contributed by atoms with van der Waals surface area (Å²) in [6.45, 7) is 0. The molecular formula is C10H7NO3S. The van der Waals surface area contributed by atoms with Crippen molar-refractivity contribution < 1.29 is 9.90 Å². The zero-order chi connectivity index (χ0) is 10.8. The van der Waals surface area contributed by atoms with E-state index < -0.39 is 5.97 Å². The molecule has 0 unspecified atom stereocenters. The number of hydrogen-bond acceptors (Lipinski definition) is 3. The van der Waals surface area contributed by atoms with Crippen molar-refractivity contribution >= 4 is 17.3 Å². The molecule has 0 fully saturated rings. The fourth-order valence-electron chi connectivity index (χ4n) is 1.24. The number of H-pyrrole nitrogens is 1. The van der Waals surface area contributed by atoms with Crippen molar-refractivity contribution in [1.29, 1.82) is 0 Å². The van der Waals surface area contributed by atoms with Gasteiger partial charge in [0, 0.05) is 11.8 Å². The van der Waals surface area contributed by atoms with Gasteiger partial charge in [0.2, 0.25) is 0 Å². The van der Waals surface area contributed by atoms with E-state index in [4.69, 9.17) is 5.11 Å². The van der Waals surface area contributed by atoms with Gasteiger partial charge < -0.3 is 10.1 Å². The van der Waals surface area contributed by atoms with Crippen LogP contribution in [0, 0.1) is 0 Å². The third kappa shape index (κ3) is 1.82. The molecule has 0 amide bonds. The summed E-state index contributed by atoms with van der Waals surface area (Å²) in [6, 6.07) is 3.16. The standard InChI is InChI=1S/C10H7NO3S/c12-9-8(6-1-2-15-5-6)3-7(4-11-9)10(13)14/h1-5H,(H,11,12)(H,13,14). The van der Waals surface area contributed by atoms with Crippen molar-refractivity contribution in [2.75, 3.05) is 0 Å². The molecule has 0 saturated carbocycles. The first kappa shape index (κ1) is 9.67. The summed E-state index contributed by atoms with van der Waals surface area (Å²) in [7, 11) is 0. The number of carboxylic acid groups (broad SMARTS) is 1. The average Bonchev–Trinajstić information content (AvgIpc) is 2.71. The van der Waals surface area contributed by atoms with Gasteiger partial charge in [-0.2, -0.15) is 11.3 Å². The maximum atomic E-state index is 11.4. The van der Waals surface area contributed by atoms with E-state index in [1.807, 2.05) is 5.38 Å². The molecule has 0 atom stereocenters. The smallest absolute Gasteiger partial charge is 0.337 e. The van der Waals surface area contributed by atoms with Crippen molar-refractivity contribution in [3.63, 3.8) is 0 Å². The maximum absolute atomic E-state index is 11.4. The molecule has 2 N–H and O–H groups in total.